The van der Waals surface area contributed by atoms with E-state index in [1.807, 2.05) is 43.3 Å². The van der Waals surface area contributed by atoms with Crippen LogP contribution in [0.2, 0.25) is 5.02 Å². The zero-order chi connectivity index (χ0) is 16.8. The molecule has 120 valence electrons. The minimum absolute atomic E-state index is 0.103. The van der Waals surface area contributed by atoms with Crippen LogP contribution >= 0.6 is 11.6 Å². The van der Waals surface area contributed by atoms with Crippen LogP contribution in [0, 0.1) is 5.92 Å². The normalized spacial score (nSPS) is 13.1. The van der Waals surface area contributed by atoms with E-state index in [0.717, 1.165) is 34.1 Å². The van der Waals surface area contributed by atoms with Crippen LogP contribution in [0.4, 0.5) is 0 Å². The van der Waals surface area contributed by atoms with Crippen molar-refractivity contribution in [3.8, 4) is 0 Å². The smallest absolute Gasteiger partial charge is 0.145 e. The first-order valence-electron chi connectivity index (χ1n) is 7.81. The van der Waals surface area contributed by atoms with Gasteiger partial charge >= 0.3 is 0 Å². The van der Waals surface area contributed by atoms with Gasteiger partial charge in [-0.2, -0.15) is 0 Å². The van der Waals surface area contributed by atoms with Gasteiger partial charge < -0.3 is 0 Å². The van der Waals surface area contributed by atoms with Crippen molar-refractivity contribution < 1.29 is 9.59 Å². The average Bonchev–Trinajstić information content (AvgIpc) is 2.52. The number of allylic oxidation sites excluding steroid dienone is 2. The van der Waals surface area contributed by atoms with Gasteiger partial charge in [0.05, 0.1) is 0 Å². The van der Waals surface area contributed by atoms with E-state index in [1.165, 1.54) is 0 Å². The molecule has 0 fully saturated rings. The lowest BCUT2D eigenvalue weighted by atomic mass is 9.97. The third-order valence-electron chi connectivity index (χ3n) is 3.84. The maximum absolute atomic E-state index is 12.1. The Hall–Kier alpha value is -1.93. The van der Waals surface area contributed by atoms with E-state index in [1.54, 1.807) is 6.92 Å². The molecule has 0 saturated heterocycles. The molecule has 0 bridgehead atoms. The summed E-state index contributed by atoms with van der Waals surface area (Å²) in [6.07, 6.45) is 4.42. The Morgan fingerprint density at radius 2 is 1.87 bits per heavy atom. The molecule has 0 spiro atoms. The molecular weight excluding hydrogens is 308 g/mol. The summed E-state index contributed by atoms with van der Waals surface area (Å²) in [6, 6.07) is 12.0. The first kappa shape index (κ1) is 17.4. The fraction of sp³-hybridized carbons (Fsp3) is 0.300. The molecule has 0 N–H and O–H groups in total. The zero-order valence-electron chi connectivity index (χ0n) is 13.5. The molecule has 0 saturated carbocycles. The van der Waals surface area contributed by atoms with Crippen molar-refractivity contribution in [2.24, 2.45) is 5.92 Å². The molecule has 2 aromatic rings. The van der Waals surface area contributed by atoms with Crippen molar-refractivity contribution in [1.82, 2.24) is 0 Å². The Morgan fingerprint density at radius 1 is 1.17 bits per heavy atom. The molecule has 0 aromatic heterocycles. The molecule has 3 heteroatoms. The van der Waals surface area contributed by atoms with E-state index >= 15 is 0 Å². The summed E-state index contributed by atoms with van der Waals surface area (Å²) in [4.78, 5) is 22.7. The molecule has 1 atom stereocenters. The van der Waals surface area contributed by atoms with Gasteiger partial charge in [-0.1, -0.05) is 48.9 Å². The van der Waals surface area contributed by atoms with E-state index in [9.17, 15) is 9.59 Å². The number of aldehydes is 1. The average molecular weight is 329 g/mol. The number of Topliss-reactive ketones (excluding diaryl/α,β-unsaturated/α-hetero) is 1. The number of hydrogen-bond donors (Lipinski definition) is 0. The fourth-order valence-corrected chi connectivity index (χ4v) is 2.89. The Morgan fingerprint density at radius 3 is 2.61 bits per heavy atom. The summed E-state index contributed by atoms with van der Waals surface area (Å²) in [5.41, 5.74) is 1.83. The molecule has 0 amide bonds. The lowest BCUT2D eigenvalue weighted by Gasteiger charge is -2.07. The minimum atomic E-state index is 0.103. The number of fused-ring (bicyclic) bond motifs is 1. The maximum atomic E-state index is 12.1. The number of halogens is 1. The van der Waals surface area contributed by atoms with Crippen LogP contribution in [0.5, 0.6) is 0 Å². The quantitative estimate of drug-likeness (QED) is 0.519. The second-order valence-corrected chi connectivity index (χ2v) is 6.51. The van der Waals surface area contributed by atoms with Crippen LogP contribution < -0.4 is 0 Å². The highest BCUT2D eigenvalue weighted by molar-refractivity contribution is 6.31. The number of rotatable bonds is 7. The number of carbonyl (C=O) groups is 2. The van der Waals surface area contributed by atoms with Crippen molar-refractivity contribution in [3.05, 3.63) is 58.6 Å². The van der Waals surface area contributed by atoms with E-state index in [0.29, 0.717) is 18.4 Å². The second-order valence-electron chi connectivity index (χ2n) is 6.07. The highest BCUT2D eigenvalue weighted by atomic mass is 35.5. The van der Waals surface area contributed by atoms with Crippen LogP contribution in [-0.2, 0) is 16.0 Å². The topological polar surface area (TPSA) is 34.1 Å². The summed E-state index contributed by atoms with van der Waals surface area (Å²) < 4.78 is 0. The van der Waals surface area contributed by atoms with Crippen LogP contribution in [0.1, 0.15) is 32.3 Å². The van der Waals surface area contributed by atoms with Gasteiger partial charge in [-0.15, -0.1) is 0 Å². The third kappa shape index (κ3) is 5.33. The molecular formula is C20H21ClO2. The van der Waals surface area contributed by atoms with Gasteiger partial charge in [-0.05, 0) is 53.3 Å². The predicted molar refractivity (Wildman–Crippen MR) is 95.9 cm³/mol. The van der Waals surface area contributed by atoms with Crippen molar-refractivity contribution in [2.45, 2.75) is 33.1 Å². The first-order valence-corrected chi connectivity index (χ1v) is 8.19. The van der Waals surface area contributed by atoms with Crippen molar-refractivity contribution >= 4 is 34.4 Å². The van der Waals surface area contributed by atoms with Gasteiger partial charge in [0, 0.05) is 17.9 Å². The number of hydrogen-bond acceptors (Lipinski definition) is 2. The van der Waals surface area contributed by atoms with Crippen LogP contribution in [0.3, 0.4) is 0 Å². The van der Waals surface area contributed by atoms with Crippen molar-refractivity contribution in [1.29, 1.82) is 0 Å². The number of carbonyl (C=O) groups excluding carboxylic acids is 2. The number of benzene rings is 2. The summed E-state index contributed by atoms with van der Waals surface area (Å²) in [5.74, 6) is 0.329. The highest BCUT2D eigenvalue weighted by Gasteiger charge is 2.08. The van der Waals surface area contributed by atoms with Gasteiger partial charge in [0.2, 0.25) is 0 Å². The van der Waals surface area contributed by atoms with Crippen LogP contribution in [0.15, 0.2) is 48.0 Å². The number of aryl methyl sites for hydroxylation is 1. The molecule has 0 heterocycles. The molecule has 0 aliphatic rings. The molecule has 0 aliphatic carbocycles. The second kappa shape index (κ2) is 8.07. The zero-order valence-corrected chi connectivity index (χ0v) is 14.3. The Labute approximate surface area is 142 Å². The molecule has 2 rings (SSSR count). The minimum Gasteiger partial charge on any atom is -0.300 e. The molecule has 1 unspecified atom stereocenters. The van der Waals surface area contributed by atoms with Crippen LogP contribution in [-0.4, -0.2) is 12.1 Å². The monoisotopic (exact) mass is 328 g/mol. The largest absolute Gasteiger partial charge is 0.300 e. The molecule has 23 heavy (non-hydrogen) atoms. The number of ketones is 1. The van der Waals surface area contributed by atoms with Gasteiger partial charge in [-0.3, -0.25) is 9.59 Å². The van der Waals surface area contributed by atoms with Gasteiger partial charge in [0.1, 0.15) is 12.1 Å². The van der Waals surface area contributed by atoms with E-state index in [2.05, 4.69) is 6.07 Å². The van der Waals surface area contributed by atoms with Crippen molar-refractivity contribution in [2.75, 3.05) is 0 Å². The molecule has 0 radical (unpaired) electrons. The van der Waals surface area contributed by atoms with Gasteiger partial charge in [0.25, 0.3) is 0 Å². The molecule has 2 aromatic carbocycles. The standard InChI is InChI=1S/C20H21ClO2/c1-14(9-15(2)13-22)10-20(23)8-4-16-3-5-18-12-19(21)7-6-17(18)11-16/h3,5-7,9,11-14H,4,8,10H2,1-2H3. The summed E-state index contributed by atoms with van der Waals surface area (Å²) in [5, 5.41) is 2.97. The Balaban J connectivity index is 1.94. The lowest BCUT2D eigenvalue weighted by molar-refractivity contribution is -0.119. The van der Waals surface area contributed by atoms with E-state index in [4.69, 9.17) is 11.6 Å². The van der Waals surface area contributed by atoms with Crippen LogP contribution in [0.25, 0.3) is 10.8 Å². The summed E-state index contributed by atoms with van der Waals surface area (Å²) in [6.45, 7) is 3.72. The highest BCUT2D eigenvalue weighted by Crippen LogP contribution is 2.21. The first-order chi connectivity index (χ1) is 11.0. The Bertz CT molecular complexity index is 746. The third-order valence-corrected chi connectivity index (χ3v) is 4.08. The van der Waals surface area contributed by atoms with Gasteiger partial charge in [0.15, 0.2) is 0 Å². The van der Waals surface area contributed by atoms with E-state index < -0.39 is 0 Å². The van der Waals surface area contributed by atoms with E-state index in [-0.39, 0.29) is 11.7 Å². The molecule has 2 nitrogen and oxygen atoms in total. The molecule has 0 aliphatic heterocycles. The van der Waals surface area contributed by atoms with Crippen molar-refractivity contribution in [3.63, 3.8) is 0 Å². The lowest BCUT2D eigenvalue weighted by Crippen LogP contribution is -2.05. The Kier molecular flexibility index (Phi) is 6.12. The summed E-state index contributed by atoms with van der Waals surface area (Å²) in [7, 11) is 0. The maximum Gasteiger partial charge on any atom is 0.145 e. The summed E-state index contributed by atoms with van der Waals surface area (Å²) >= 11 is 5.98. The fourth-order valence-electron chi connectivity index (χ4n) is 2.71. The predicted octanol–water partition coefficient (Wildman–Crippen LogP) is 5.17. The SMILES string of the molecule is CC(C=O)=CC(C)CC(=O)CCc1ccc2cc(Cl)ccc2c1. The van der Waals surface area contributed by atoms with Gasteiger partial charge in [-0.25, -0.2) is 0 Å².